The summed E-state index contributed by atoms with van der Waals surface area (Å²) >= 11 is 0. The van der Waals surface area contributed by atoms with Crippen LogP contribution in [0.15, 0.2) is 6.07 Å². The number of aryl methyl sites for hydroxylation is 2. The Balaban J connectivity index is 2.14. The van der Waals surface area contributed by atoms with Gasteiger partial charge in [0.1, 0.15) is 0 Å². The average Bonchev–Trinajstić information content (AvgIpc) is 2.76. The predicted octanol–water partition coefficient (Wildman–Crippen LogP) is 3.01. The molecule has 0 saturated heterocycles. The second kappa shape index (κ2) is 4.17. The van der Waals surface area contributed by atoms with Crippen molar-refractivity contribution in [3.8, 4) is 0 Å². The van der Waals surface area contributed by atoms with Crippen molar-refractivity contribution in [2.75, 3.05) is 5.32 Å². The van der Waals surface area contributed by atoms with Crippen LogP contribution in [0, 0.1) is 0 Å². The molecule has 0 heterocycles. The predicted molar refractivity (Wildman–Crippen MR) is 69.4 cm³/mol. The van der Waals surface area contributed by atoms with Gasteiger partial charge in [0.05, 0.1) is 0 Å². The van der Waals surface area contributed by atoms with Gasteiger partial charge in [0.15, 0.2) is 0 Å². The van der Waals surface area contributed by atoms with Crippen LogP contribution in [-0.4, -0.2) is 5.91 Å². The first-order chi connectivity index (χ1) is 8.25. The van der Waals surface area contributed by atoms with E-state index in [4.69, 9.17) is 0 Å². The molecule has 2 nitrogen and oxygen atoms in total. The van der Waals surface area contributed by atoms with E-state index in [2.05, 4.69) is 11.4 Å². The highest BCUT2D eigenvalue weighted by molar-refractivity contribution is 5.91. The van der Waals surface area contributed by atoms with Gasteiger partial charge in [0.2, 0.25) is 5.91 Å². The third-order valence-electron chi connectivity index (χ3n) is 4.02. The molecular weight excluding hydrogens is 210 g/mol. The zero-order chi connectivity index (χ0) is 11.8. The van der Waals surface area contributed by atoms with Crippen LogP contribution in [0.3, 0.4) is 0 Å². The lowest BCUT2D eigenvalue weighted by Crippen LogP contribution is -2.14. The molecule has 1 amide bonds. The molecule has 2 heteroatoms. The number of carbonyl (C=O) groups excluding carboxylic acids is 1. The van der Waals surface area contributed by atoms with E-state index < -0.39 is 0 Å². The zero-order valence-electron chi connectivity index (χ0n) is 10.4. The van der Waals surface area contributed by atoms with Crippen molar-refractivity contribution in [2.24, 2.45) is 0 Å². The van der Waals surface area contributed by atoms with E-state index in [0.29, 0.717) is 0 Å². The van der Waals surface area contributed by atoms with Gasteiger partial charge in [-0.25, -0.2) is 0 Å². The normalized spacial score (nSPS) is 17.5. The molecule has 1 N–H and O–H groups in total. The highest BCUT2D eigenvalue weighted by Crippen LogP contribution is 2.37. The van der Waals surface area contributed by atoms with E-state index in [0.717, 1.165) is 12.8 Å². The number of fused-ring (bicyclic) bond motifs is 2. The van der Waals surface area contributed by atoms with Crippen LogP contribution in [0.4, 0.5) is 5.69 Å². The van der Waals surface area contributed by atoms with Gasteiger partial charge in [-0.2, -0.15) is 0 Å². The fourth-order valence-corrected chi connectivity index (χ4v) is 3.30. The maximum Gasteiger partial charge on any atom is 0.221 e. The Morgan fingerprint density at radius 2 is 1.59 bits per heavy atom. The number of benzene rings is 1. The topological polar surface area (TPSA) is 29.1 Å². The number of carbonyl (C=O) groups is 1. The molecule has 0 aromatic heterocycles. The first-order valence-electron chi connectivity index (χ1n) is 6.70. The van der Waals surface area contributed by atoms with Crippen molar-refractivity contribution >= 4 is 11.6 Å². The SMILES string of the molecule is CC(=O)Nc1c2c(cc3c1CCC3)CCCC2. The molecule has 0 bridgehead atoms. The zero-order valence-corrected chi connectivity index (χ0v) is 10.4. The highest BCUT2D eigenvalue weighted by atomic mass is 16.1. The van der Waals surface area contributed by atoms with E-state index in [1.165, 1.54) is 60.0 Å². The molecule has 0 saturated carbocycles. The summed E-state index contributed by atoms with van der Waals surface area (Å²) in [5.41, 5.74) is 6.98. The molecule has 17 heavy (non-hydrogen) atoms. The van der Waals surface area contributed by atoms with Gasteiger partial charge in [-0.1, -0.05) is 6.07 Å². The molecule has 2 aliphatic rings. The first-order valence-corrected chi connectivity index (χ1v) is 6.70. The molecule has 1 aromatic carbocycles. The Morgan fingerprint density at radius 1 is 1.00 bits per heavy atom. The smallest absolute Gasteiger partial charge is 0.221 e. The summed E-state index contributed by atoms with van der Waals surface area (Å²) in [5.74, 6) is 0.0677. The van der Waals surface area contributed by atoms with Crippen molar-refractivity contribution in [1.29, 1.82) is 0 Å². The second-order valence-electron chi connectivity index (χ2n) is 5.27. The molecule has 0 unspecified atom stereocenters. The lowest BCUT2D eigenvalue weighted by atomic mass is 9.87. The van der Waals surface area contributed by atoms with Gasteiger partial charge in [-0.05, 0) is 67.2 Å². The molecule has 0 spiro atoms. The fourth-order valence-electron chi connectivity index (χ4n) is 3.30. The standard InChI is InChI=1S/C15H19NO/c1-10(17)16-15-13-7-3-2-5-11(13)9-12-6-4-8-14(12)15/h9H,2-8H2,1H3,(H,16,17). The Hall–Kier alpha value is -1.31. The third kappa shape index (κ3) is 1.86. The second-order valence-corrected chi connectivity index (χ2v) is 5.27. The molecule has 0 radical (unpaired) electrons. The molecule has 2 aliphatic carbocycles. The highest BCUT2D eigenvalue weighted by Gasteiger charge is 2.23. The summed E-state index contributed by atoms with van der Waals surface area (Å²) in [5, 5.41) is 3.09. The molecule has 3 rings (SSSR count). The minimum Gasteiger partial charge on any atom is -0.326 e. The largest absolute Gasteiger partial charge is 0.326 e. The van der Waals surface area contributed by atoms with E-state index in [9.17, 15) is 4.79 Å². The van der Waals surface area contributed by atoms with Crippen molar-refractivity contribution in [2.45, 2.75) is 51.9 Å². The summed E-state index contributed by atoms with van der Waals surface area (Å²) in [6.07, 6.45) is 8.45. The van der Waals surface area contributed by atoms with Crippen molar-refractivity contribution < 1.29 is 4.79 Å². The van der Waals surface area contributed by atoms with E-state index in [-0.39, 0.29) is 5.91 Å². The molecule has 90 valence electrons. The van der Waals surface area contributed by atoms with Crippen LogP contribution >= 0.6 is 0 Å². The van der Waals surface area contributed by atoms with E-state index in [1.807, 2.05) is 0 Å². The van der Waals surface area contributed by atoms with Crippen molar-refractivity contribution in [1.82, 2.24) is 0 Å². The van der Waals surface area contributed by atoms with Gasteiger partial charge in [0, 0.05) is 12.6 Å². The van der Waals surface area contributed by atoms with E-state index in [1.54, 1.807) is 6.92 Å². The summed E-state index contributed by atoms with van der Waals surface area (Å²) < 4.78 is 0. The van der Waals surface area contributed by atoms with Crippen LogP contribution < -0.4 is 5.32 Å². The number of amides is 1. The van der Waals surface area contributed by atoms with Gasteiger partial charge >= 0.3 is 0 Å². The number of rotatable bonds is 1. The Morgan fingerprint density at radius 3 is 2.29 bits per heavy atom. The number of anilines is 1. The number of hydrogen-bond acceptors (Lipinski definition) is 1. The van der Waals surface area contributed by atoms with Gasteiger partial charge < -0.3 is 5.32 Å². The van der Waals surface area contributed by atoms with Crippen molar-refractivity contribution in [3.05, 3.63) is 28.3 Å². The number of hydrogen-bond donors (Lipinski definition) is 1. The summed E-state index contributed by atoms with van der Waals surface area (Å²) in [7, 11) is 0. The van der Waals surface area contributed by atoms with Gasteiger partial charge in [0.25, 0.3) is 0 Å². The quantitative estimate of drug-likeness (QED) is 0.788. The Labute approximate surface area is 102 Å². The summed E-state index contributed by atoms with van der Waals surface area (Å²) in [6.45, 7) is 1.61. The van der Waals surface area contributed by atoms with Crippen molar-refractivity contribution in [3.63, 3.8) is 0 Å². The Kier molecular flexibility index (Phi) is 2.65. The van der Waals surface area contributed by atoms with Crippen LogP contribution in [0.25, 0.3) is 0 Å². The van der Waals surface area contributed by atoms with Crippen LogP contribution in [0.2, 0.25) is 0 Å². The number of nitrogens with one attached hydrogen (secondary N) is 1. The lowest BCUT2D eigenvalue weighted by Gasteiger charge is -2.22. The monoisotopic (exact) mass is 229 g/mol. The molecule has 0 aliphatic heterocycles. The average molecular weight is 229 g/mol. The lowest BCUT2D eigenvalue weighted by molar-refractivity contribution is -0.114. The molecular formula is C15H19NO. The summed E-state index contributed by atoms with van der Waals surface area (Å²) in [4.78, 5) is 11.4. The van der Waals surface area contributed by atoms with E-state index >= 15 is 0 Å². The first kappa shape index (κ1) is 10.8. The molecule has 0 fully saturated rings. The maximum absolute atomic E-state index is 11.4. The third-order valence-corrected chi connectivity index (χ3v) is 4.02. The minimum absolute atomic E-state index is 0.0677. The van der Waals surface area contributed by atoms with Crippen LogP contribution in [0.1, 0.15) is 48.4 Å². The summed E-state index contributed by atoms with van der Waals surface area (Å²) in [6, 6.07) is 2.40. The van der Waals surface area contributed by atoms with Gasteiger partial charge in [-0.3, -0.25) is 4.79 Å². The van der Waals surface area contributed by atoms with Crippen LogP contribution in [0.5, 0.6) is 0 Å². The van der Waals surface area contributed by atoms with Crippen LogP contribution in [-0.2, 0) is 30.5 Å². The minimum atomic E-state index is 0.0677. The molecule has 1 aromatic rings. The fraction of sp³-hybridized carbons (Fsp3) is 0.533. The molecule has 0 atom stereocenters. The Bertz CT molecular complexity index is 476. The maximum atomic E-state index is 11.4. The van der Waals surface area contributed by atoms with Gasteiger partial charge in [-0.15, -0.1) is 0 Å².